The van der Waals surface area contributed by atoms with E-state index in [0.717, 1.165) is 32.5 Å². The molecule has 1 aromatic heterocycles. The zero-order chi connectivity index (χ0) is 13.7. The first-order valence-corrected chi connectivity index (χ1v) is 6.79. The Balaban J connectivity index is 1.72. The molecular formula is C13H22N4O2. The van der Waals surface area contributed by atoms with Gasteiger partial charge in [-0.2, -0.15) is 0 Å². The molecule has 0 bridgehead atoms. The van der Waals surface area contributed by atoms with Crippen LogP contribution in [0.4, 0.5) is 0 Å². The molecular weight excluding hydrogens is 244 g/mol. The van der Waals surface area contributed by atoms with Crippen LogP contribution < -0.4 is 5.32 Å². The Bertz CT molecular complexity index is 419. The van der Waals surface area contributed by atoms with Gasteiger partial charge in [0, 0.05) is 45.7 Å². The van der Waals surface area contributed by atoms with E-state index in [-0.39, 0.29) is 12.5 Å². The van der Waals surface area contributed by atoms with Crippen LogP contribution in [0.15, 0.2) is 12.4 Å². The Morgan fingerprint density at radius 2 is 2.47 bits per heavy atom. The summed E-state index contributed by atoms with van der Waals surface area (Å²) in [5.74, 6) is 0.689. The number of piperidine rings is 1. The molecule has 1 aliphatic rings. The van der Waals surface area contributed by atoms with E-state index in [0.29, 0.717) is 18.3 Å². The average Bonchev–Trinajstić information content (AvgIpc) is 2.85. The molecule has 106 valence electrons. The Kier molecular flexibility index (Phi) is 4.93. The summed E-state index contributed by atoms with van der Waals surface area (Å²) in [5, 5.41) is 12.1. The molecule has 6 nitrogen and oxygen atoms in total. The highest BCUT2D eigenvalue weighted by molar-refractivity contribution is 5.90. The molecule has 2 N–H and O–H groups in total. The number of hydrogen-bond donors (Lipinski definition) is 2. The zero-order valence-corrected chi connectivity index (χ0v) is 11.4. The van der Waals surface area contributed by atoms with Crippen LogP contribution in [-0.4, -0.2) is 58.3 Å². The third-order valence-electron chi connectivity index (χ3n) is 3.60. The van der Waals surface area contributed by atoms with Crippen LogP contribution in [0, 0.1) is 5.92 Å². The Labute approximate surface area is 113 Å². The number of aryl methyl sites for hydroxylation is 1. The summed E-state index contributed by atoms with van der Waals surface area (Å²) in [5.41, 5.74) is 0. The maximum atomic E-state index is 11.8. The molecule has 19 heavy (non-hydrogen) atoms. The molecule has 1 aliphatic heterocycles. The van der Waals surface area contributed by atoms with Gasteiger partial charge in [0.15, 0.2) is 5.82 Å². The van der Waals surface area contributed by atoms with Crippen LogP contribution in [0.5, 0.6) is 0 Å². The Hall–Kier alpha value is -1.40. The summed E-state index contributed by atoms with van der Waals surface area (Å²) in [4.78, 5) is 18.1. The standard InChI is InChI=1S/C13H22N4O2/c1-16-7-4-14-12(16)13(19)15-5-8-17-6-2-3-11(9-17)10-18/h4,7,11,18H,2-3,5-6,8-10H2,1H3,(H,15,19)/t11-/m0/s1. The van der Waals surface area contributed by atoms with Crippen molar-refractivity contribution >= 4 is 5.91 Å². The minimum absolute atomic E-state index is 0.136. The third kappa shape index (κ3) is 3.78. The van der Waals surface area contributed by atoms with Crippen LogP contribution in [-0.2, 0) is 7.05 Å². The first-order valence-electron chi connectivity index (χ1n) is 6.79. The lowest BCUT2D eigenvalue weighted by Gasteiger charge is -2.31. The van der Waals surface area contributed by atoms with Gasteiger partial charge in [-0.3, -0.25) is 4.79 Å². The van der Waals surface area contributed by atoms with Gasteiger partial charge in [-0.15, -0.1) is 0 Å². The fourth-order valence-electron chi connectivity index (χ4n) is 2.49. The van der Waals surface area contributed by atoms with Crippen molar-refractivity contribution in [3.8, 4) is 0 Å². The molecule has 6 heteroatoms. The molecule has 1 amide bonds. The minimum Gasteiger partial charge on any atom is -0.396 e. The van der Waals surface area contributed by atoms with E-state index in [1.165, 1.54) is 0 Å². The fourth-order valence-corrected chi connectivity index (χ4v) is 2.49. The zero-order valence-electron chi connectivity index (χ0n) is 11.4. The molecule has 0 aromatic carbocycles. The number of aliphatic hydroxyl groups excluding tert-OH is 1. The SMILES string of the molecule is Cn1ccnc1C(=O)NCCN1CCC[C@H](CO)C1. The van der Waals surface area contributed by atoms with Crippen molar-refractivity contribution in [3.05, 3.63) is 18.2 Å². The minimum atomic E-state index is -0.136. The molecule has 1 saturated heterocycles. The lowest BCUT2D eigenvalue weighted by atomic mass is 9.99. The second-order valence-corrected chi connectivity index (χ2v) is 5.11. The van der Waals surface area contributed by atoms with Crippen LogP contribution in [0.3, 0.4) is 0 Å². The summed E-state index contributed by atoms with van der Waals surface area (Å²) in [6, 6.07) is 0. The van der Waals surface area contributed by atoms with E-state index in [1.807, 2.05) is 0 Å². The first kappa shape index (κ1) is 14.0. The number of rotatable bonds is 5. The first-order chi connectivity index (χ1) is 9.20. The molecule has 2 rings (SSSR count). The highest BCUT2D eigenvalue weighted by Gasteiger charge is 2.19. The number of likely N-dealkylation sites (tertiary alicyclic amines) is 1. The van der Waals surface area contributed by atoms with E-state index in [4.69, 9.17) is 0 Å². The monoisotopic (exact) mass is 266 g/mol. The van der Waals surface area contributed by atoms with Gasteiger partial charge >= 0.3 is 0 Å². The van der Waals surface area contributed by atoms with Crippen molar-refractivity contribution < 1.29 is 9.90 Å². The van der Waals surface area contributed by atoms with Crippen molar-refractivity contribution in [3.63, 3.8) is 0 Å². The molecule has 1 fully saturated rings. The topological polar surface area (TPSA) is 70.4 Å². The van der Waals surface area contributed by atoms with Gasteiger partial charge in [0.1, 0.15) is 0 Å². The summed E-state index contributed by atoms with van der Waals surface area (Å²) in [6.45, 7) is 3.68. The van der Waals surface area contributed by atoms with E-state index in [1.54, 1.807) is 24.0 Å². The average molecular weight is 266 g/mol. The number of aliphatic hydroxyl groups is 1. The van der Waals surface area contributed by atoms with Crippen LogP contribution >= 0.6 is 0 Å². The van der Waals surface area contributed by atoms with Crippen LogP contribution in [0.1, 0.15) is 23.5 Å². The third-order valence-corrected chi connectivity index (χ3v) is 3.60. The van der Waals surface area contributed by atoms with Crippen molar-refractivity contribution in [2.24, 2.45) is 13.0 Å². The lowest BCUT2D eigenvalue weighted by molar-refractivity contribution is 0.0918. The van der Waals surface area contributed by atoms with Gasteiger partial charge in [-0.1, -0.05) is 0 Å². The fraction of sp³-hybridized carbons (Fsp3) is 0.692. The van der Waals surface area contributed by atoms with Gasteiger partial charge in [0.2, 0.25) is 0 Å². The van der Waals surface area contributed by atoms with Crippen LogP contribution in [0.2, 0.25) is 0 Å². The summed E-state index contributed by atoms with van der Waals surface area (Å²) in [6.07, 6.45) is 5.60. The predicted molar refractivity (Wildman–Crippen MR) is 71.8 cm³/mol. The summed E-state index contributed by atoms with van der Waals surface area (Å²) >= 11 is 0. The number of hydrogen-bond acceptors (Lipinski definition) is 4. The Morgan fingerprint density at radius 3 is 3.16 bits per heavy atom. The van der Waals surface area contributed by atoms with Gasteiger partial charge < -0.3 is 19.9 Å². The quantitative estimate of drug-likeness (QED) is 0.778. The van der Waals surface area contributed by atoms with E-state index in [2.05, 4.69) is 15.2 Å². The molecule has 0 spiro atoms. The van der Waals surface area contributed by atoms with Crippen molar-refractivity contribution in [2.75, 3.05) is 32.8 Å². The highest BCUT2D eigenvalue weighted by Crippen LogP contribution is 2.14. The number of imidazole rings is 1. The molecule has 0 saturated carbocycles. The van der Waals surface area contributed by atoms with E-state index in [9.17, 15) is 9.90 Å². The van der Waals surface area contributed by atoms with Crippen molar-refractivity contribution in [2.45, 2.75) is 12.8 Å². The van der Waals surface area contributed by atoms with Crippen LogP contribution in [0.25, 0.3) is 0 Å². The predicted octanol–water partition coefficient (Wildman–Crippen LogP) is -0.146. The van der Waals surface area contributed by atoms with Gasteiger partial charge in [-0.25, -0.2) is 4.98 Å². The normalized spacial score (nSPS) is 20.4. The smallest absolute Gasteiger partial charge is 0.287 e. The van der Waals surface area contributed by atoms with Crippen molar-refractivity contribution in [1.29, 1.82) is 0 Å². The molecule has 0 aliphatic carbocycles. The summed E-state index contributed by atoms with van der Waals surface area (Å²) in [7, 11) is 1.80. The highest BCUT2D eigenvalue weighted by atomic mass is 16.3. The van der Waals surface area contributed by atoms with E-state index >= 15 is 0 Å². The van der Waals surface area contributed by atoms with Gasteiger partial charge in [0.25, 0.3) is 5.91 Å². The number of nitrogens with zero attached hydrogens (tertiary/aromatic N) is 3. The summed E-state index contributed by atoms with van der Waals surface area (Å²) < 4.78 is 1.71. The molecule has 2 heterocycles. The number of aromatic nitrogens is 2. The largest absolute Gasteiger partial charge is 0.396 e. The molecule has 0 unspecified atom stereocenters. The lowest BCUT2D eigenvalue weighted by Crippen LogP contribution is -2.41. The Morgan fingerprint density at radius 1 is 1.63 bits per heavy atom. The van der Waals surface area contributed by atoms with Gasteiger partial charge in [-0.05, 0) is 25.3 Å². The second kappa shape index (κ2) is 6.68. The molecule has 1 aromatic rings. The number of amides is 1. The second-order valence-electron chi connectivity index (χ2n) is 5.11. The number of carbonyl (C=O) groups excluding carboxylic acids is 1. The molecule has 0 radical (unpaired) electrons. The maximum Gasteiger partial charge on any atom is 0.287 e. The maximum absolute atomic E-state index is 11.8. The number of nitrogens with one attached hydrogen (secondary N) is 1. The van der Waals surface area contributed by atoms with Gasteiger partial charge in [0.05, 0.1) is 0 Å². The molecule has 1 atom stereocenters. The van der Waals surface area contributed by atoms with E-state index < -0.39 is 0 Å². The number of carbonyl (C=O) groups is 1. The van der Waals surface area contributed by atoms with Crippen molar-refractivity contribution in [1.82, 2.24) is 19.8 Å².